The van der Waals surface area contributed by atoms with Crippen molar-refractivity contribution in [2.75, 3.05) is 31.5 Å². The molecule has 0 bridgehead atoms. The van der Waals surface area contributed by atoms with E-state index in [1.165, 1.54) is 22.5 Å². The van der Waals surface area contributed by atoms with E-state index in [9.17, 15) is 9.59 Å². The minimum absolute atomic E-state index is 0.0408. The Morgan fingerprint density at radius 1 is 1.07 bits per heavy atom. The molecule has 1 aromatic carbocycles. The Bertz CT molecular complexity index is 813. The summed E-state index contributed by atoms with van der Waals surface area (Å²) in [6.45, 7) is 8.21. The molecule has 0 radical (unpaired) electrons. The van der Waals surface area contributed by atoms with Crippen LogP contribution in [-0.2, 0) is 22.6 Å². The number of amides is 2. The second-order valence-electron chi connectivity index (χ2n) is 7.44. The van der Waals surface area contributed by atoms with Crippen LogP contribution in [-0.4, -0.2) is 58.0 Å². The van der Waals surface area contributed by atoms with Crippen molar-refractivity contribution >= 4 is 28.3 Å². The van der Waals surface area contributed by atoms with Crippen molar-refractivity contribution in [3.8, 4) is 0 Å². The Kier molecular flexibility index (Phi) is 7.71. The summed E-state index contributed by atoms with van der Waals surface area (Å²) in [6, 6.07) is 8.59. The van der Waals surface area contributed by atoms with E-state index in [-0.39, 0.29) is 24.7 Å². The highest BCUT2D eigenvalue weighted by atomic mass is 32.1. The fraction of sp³-hybridized carbons (Fsp3) is 0.524. The Morgan fingerprint density at radius 2 is 1.79 bits per heavy atom. The summed E-state index contributed by atoms with van der Waals surface area (Å²) in [7, 11) is 0. The van der Waals surface area contributed by atoms with Gasteiger partial charge in [0.15, 0.2) is 0 Å². The maximum Gasteiger partial charge on any atom is 0.226 e. The Labute approximate surface area is 176 Å². The van der Waals surface area contributed by atoms with Gasteiger partial charge in [-0.3, -0.25) is 14.5 Å². The van der Waals surface area contributed by atoms with E-state index in [0.29, 0.717) is 18.2 Å². The molecule has 0 aliphatic carbocycles. The summed E-state index contributed by atoms with van der Waals surface area (Å²) >= 11 is 1.39. The van der Waals surface area contributed by atoms with E-state index < -0.39 is 0 Å². The molecule has 0 spiro atoms. The topological polar surface area (TPSA) is 78.4 Å². The molecule has 8 heteroatoms. The number of carbonyl (C=O) groups excluding carboxylic acids is 2. The number of nitrogens with one attached hydrogen (secondary N) is 1. The van der Waals surface area contributed by atoms with Gasteiger partial charge in [0, 0.05) is 52.0 Å². The molecule has 156 valence electrons. The number of piperazine rings is 1. The third-order valence-electron chi connectivity index (χ3n) is 4.99. The largest absolute Gasteiger partial charge is 0.340 e. The molecule has 1 aliphatic heterocycles. The highest BCUT2D eigenvalue weighted by molar-refractivity contribution is 7.15. The summed E-state index contributed by atoms with van der Waals surface area (Å²) < 4.78 is 0. The number of benzene rings is 1. The molecular weight excluding hydrogens is 386 g/mol. The van der Waals surface area contributed by atoms with Gasteiger partial charge in [-0.2, -0.15) is 0 Å². The van der Waals surface area contributed by atoms with E-state index in [1.807, 2.05) is 4.90 Å². The average molecular weight is 416 g/mol. The lowest BCUT2D eigenvalue weighted by Gasteiger charge is -2.34. The van der Waals surface area contributed by atoms with Crippen LogP contribution in [0.4, 0.5) is 5.13 Å². The summed E-state index contributed by atoms with van der Waals surface area (Å²) in [4.78, 5) is 28.8. The monoisotopic (exact) mass is 415 g/mol. The number of rotatable bonds is 8. The van der Waals surface area contributed by atoms with Crippen molar-refractivity contribution in [3.05, 3.63) is 40.4 Å². The van der Waals surface area contributed by atoms with E-state index >= 15 is 0 Å². The molecular formula is C21H29N5O2S. The minimum Gasteiger partial charge on any atom is -0.340 e. The molecule has 3 rings (SSSR count). The lowest BCUT2D eigenvalue weighted by Crippen LogP contribution is -2.48. The van der Waals surface area contributed by atoms with Crippen LogP contribution in [0, 0.1) is 6.92 Å². The lowest BCUT2D eigenvalue weighted by atomic mass is 10.1. The molecule has 1 aliphatic rings. The Balaban J connectivity index is 1.36. The number of aromatic nitrogens is 2. The molecule has 1 fully saturated rings. The first-order valence-electron chi connectivity index (χ1n) is 10.2. The quantitative estimate of drug-likeness (QED) is 0.717. The van der Waals surface area contributed by atoms with Crippen LogP contribution in [0.2, 0.25) is 0 Å². The number of anilines is 1. The molecule has 0 unspecified atom stereocenters. The first kappa shape index (κ1) is 21.4. The first-order chi connectivity index (χ1) is 14.0. The summed E-state index contributed by atoms with van der Waals surface area (Å²) in [5.41, 5.74) is 2.56. The number of nitrogens with zero attached hydrogens (tertiary/aromatic N) is 4. The predicted octanol–water partition coefficient (Wildman–Crippen LogP) is 2.86. The van der Waals surface area contributed by atoms with Crippen LogP contribution < -0.4 is 5.32 Å². The van der Waals surface area contributed by atoms with Gasteiger partial charge in [0.05, 0.1) is 0 Å². The van der Waals surface area contributed by atoms with Crippen molar-refractivity contribution in [1.82, 2.24) is 20.0 Å². The molecule has 7 nitrogen and oxygen atoms in total. The van der Waals surface area contributed by atoms with Crippen LogP contribution >= 0.6 is 11.3 Å². The number of carbonyl (C=O) groups is 2. The van der Waals surface area contributed by atoms with Crippen molar-refractivity contribution in [2.24, 2.45) is 0 Å². The van der Waals surface area contributed by atoms with Gasteiger partial charge in [0.2, 0.25) is 16.9 Å². The number of hydrogen-bond donors (Lipinski definition) is 1. The summed E-state index contributed by atoms with van der Waals surface area (Å²) in [6.07, 6.45) is 2.26. The smallest absolute Gasteiger partial charge is 0.226 e. The maximum absolute atomic E-state index is 12.4. The molecule has 2 amide bonds. The molecule has 0 atom stereocenters. The van der Waals surface area contributed by atoms with Crippen molar-refractivity contribution in [1.29, 1.82) is 0 Å². The average Bonchev–Trinajstić information content (AvgIpc) is 3.15. The molecule has 29 heavy (non-hydrogen) atoms. The molecule has 2 aromatic rings. The Morgan fingerprint density at radius 3 is 2.48 bits per heavy atom. The second-order valence-corrected chi connectivity index (χ2v) is 8.50. The third-order valence-corrected chi connectivity index (χ3v) is 5.89. The SMILES string of the molecule is CCCc1nnc(NC(=O)CCC(=O)N2CCN(Cc3ccc(C)cc3)CC2)s1. The first-order valence-corrected chi connectivity index (χ1v) is 11.0. The van der Waals surface area contributed by atoms with E-state index in [1.54, 1.807) is 0 Å². The molecule has 0 saturated carbocycles. The number of hydrogen-bond acceptors (Lipinski definition) is 6. The van der Waals surface area contributed by atoms with Gasteiger partial charge < -0.3 is 10.2 Å². The van der Waals surface area contributed by atoms with E-state index in [0.717, 1.165) is 37.5 Å². The van der Waals surface area contributed by atoms with Gasteiger partial charge in [0.1, 0.15) is 5.01 Å². The van der Waals surface area contributed by atoms with E-state index in [2.05, 4.69) is 58.5 Å². The fourth-order valence-corrected chi connectivity index (χ4v) is 4.14. The zero-order valence-electron chi connectivity index (χ0n) is 17.2. The van der Waals surface area contributed by atoms with Gasteiger partial charge in [-0.05, 0) is 18.9 Å². The van der Waals surface area contributed by atoms with Crippen LogP contribution in [0.25, 0.3) is 0 Å². The van der Waals surface area contributed by atoms with Crippen LogP contribution in [0.3, 0.4) is 0 Å². The normalized spacial score (nSPS) is 14.8. The minimum atomic E-state index is -0.185. The van der Waals surface area contributed by atoms with Gasteiger partial charge in [0.25, 0.3) is 0 Å². The van der Waals surface area contributed by atoms with Crippen LogP contribution in [0.15, 0.2) is 24.3 Å². The zero-order chi connectivity index (χ0) is 20.6. The second kappa shape index (κ2) is 10.5. The molecule has 1 saturated heterocycles. The Hall–Kier alpha value is -2.32. The van der Waals surface area contributed by atoms with Crippen molar-refractivity contribution < 1.29 is 9.59 Å². The van der Waals surface area contributed by atoms with Gasteiger partial charge >= 0.3 is 0 Å². The standard InChI is InChI=1S/C21H29N5O2S/c1-3-4-19-23-24-21(29-19)22-18(27)9-10-20(28)26-13-11-25(12-14-26)15-17-7-5-16(2)6-8-17/h5-8H,3-4,9-15H2,1-2H3,(H,22,24,27). The van der Waals surface area contributed by atoms with Crippen LogP contribution in [0.1, 0.15) is 42.3 Å². The molecule has 1 aromatic heterocycles. The van der Waals surface area contributed by atoms with E-state index in [4.69, 9.17) is 0 Å². The summed E-state index contributed by atoms with van der Waals surface area (Å²) in [5, 5.41) is 12.2. The third kappa shape index (κ3) is 6.61. The number of aryl methyl sites for hydroxylation is 2. The predicted molar refractivity (Wildman–Crippen MR) is 115 cm³/mol. The molecule has 1 N–H and O–H groups in total. The summed E-state index contributed by atoms with van der Waals surface area (Å²) in [5.74, 6) is -0.144. The highest BCUT2D eigenvalue weighted by Crippen LogP contribution is 2.17. The van der Waals surface area contributed by atoms with Gasteiger partial charge in [-0.15, -0.1) is 10.2 Å². The lowest BCUT2D eigenvalue weighted by molar-refractivity contribution is -0.134. The maximum atomic E-state index is 12.4. The van der Waals surface area contributed by atoms with Crippen LogP contribution in [0.5, 0.6) is 0 Å². The fourth-order valence-electron chi connectivity index (χ4n) is 3.29. The zero-order valence-corrected chi connectivity index (χ0v) is 18.0. The van der Waals surface area contributed by atoms with Gasteiger partial charge in [-0.25, -0.2) is 0 Å². The van der Waals surface area contributed by atoms with Gasteiger partial charge in [-0.1, -0.05) is 48.1 Å². The van der Waals surface area contributed by atoms with Crippen molar-refractivity contribution in [3.63, 3.8) is 0 Å². The molecule has 2 heterocycles. The van der Waals surface area contributed by atoms with Crippen molar-refractivity contribution in [2.45, 2.75) is 46.1 Å². The highest BCUT2D eigenvalue weighted by Gasteiger charge is 2.21.